The van der Waals surface area contributed by atoms with E-state index in [-0.39, 0.29) is 11.6 Å². The van der Waals surface area contributed by atoms with Crippen LogP contribution in [0.15, 0.2) is 18.2 Å². The van der Waals surface area contributed by atoms with Crippen LogP contribution in [0.3, 0.4) is 0 Å². The minimum Gasteiger partial charge on any atom is -0.508 e. The molecule has 0 aliphatic heterocycles. The summed E-state index contributed by atoms with van der Waals surface area (Å²) in [4.78, 5) is 0. The van der Waals surface area contributed by atoms with E-state index in [2.05, 4.69) is 19.2 Å². The number of hydrogen-bond acceptors (Lipinski definition) is 2. The quantitative estimate of drug-likeness (QED) is 0.862. The number of hydrogen-bond donors (Lipinski definition) is 2. The van der Waals surface area contributed by atoms with Crippen LogP contribution < -0.4 is 5.32 Å². The molecule has 0 heterocycles. The van der Waals surface area contributed by atoms with E-state index in [1.54, 1.807) is 6.07 Å². The van der Waals surface area contributed by atoms with Crippen molar-refractivity contribution in [3.63, 3.8) is 0 Å². The van der Waals surface area contributed by atoms with Crippen molar-refractivity contribution in [3.05, 3.63) is 29.6 Å². The molecule has 1 aliphatic rings. The van der Waals surface area contributed by atoms with Gasteiger partial charge >= 0.3 is 0 Å². The van der Waals surface area contributed by atoms with Gasteiger partial charge in [-0.3, -0.25) is 0 Å². The molecular formula is C15H22FNO. The van der Waals surface area contributed by atoms with Gasteiger partial charge in [0.05, 0.1) is 0 Å². The SMILES string of the molecule is CC1CCCC(NCc2cc(O)cc(F)c2)C1C. The molecule has 0 radical (unpaired) electrons. The van der Waals surface area contributed by atoms with Crippen LogP contribution in [0.4, 0.5) is 4.39 Å². The lowest BCUT2D eigenvalue weighted by molar-refractivity contribution is 0.206. The molecule has 2 rings (SSSR count). The molecule has 0 amide bonds. The highest BCUT2D eigenvalue weighted by atomic mass is 19.1. The zero-order chi connectivity index (χ0) is 13.1. The summed E-state index contributed by atoms with van der Waals surface area (Å²) < 4.78 is 13.1. The monoisotopic (exact) mass is 251 g/mol. The van der Waals surface area contributed by atoms with Gasteiger partial charge in [-0.05, 0) is 36.0 Å². The molecule has 2 nitrogen and oxygen atoms in total. The van der Waals surface area contributed by atoms with Crippen LogP contribution in [0.5, 0.6) is 5.75 Å². The molecule has 3 heteroatoms. The fourth-order valence-electron chi connectivity index (χ4n) is 2.85. The van der Waals surface area contributed by atoms with Crippen LogP contribution in [-0.4, -0.2) is 11.1 Å². The molecule has 0 bridgehead atoms. The summed E-state index contributed by atoms with van der Waals surface area (Å²) in [7, 11) is 0. The van der Waals surface area contributed by atoms with E-state index < -0.39 is 0 Å². The van der Waals surface area contributed by atoms with Gasteiger partial charge in [0, 0.05) is 18.7 Å². The zero-order valence-corrected chi connectivity index (χ0v) is 11.1. The summed E-state index contributed by atoms with van der Waals surface area (Å²) in [5, 5.41) is 12.9. The van der Waals surface area contributed by atoms with Crippen molar-refractivity contribution in [2.45, 2.75) is 45.7 Å². The largest absolute Gasteiger partial charge is 0.508 e. The molecule has 0 aromatic heterocycles. The van der Waals surface area contributed by atoms with E-state index in [0.29, 0.717) is 18.5 Å². The van der Waals surface area contributed by atoms with Gasteiger partial charge in [0.2, 0.25) is 0 Å². The second-order valence-corrected chi connectivity index (χ2v) is 5.57. The molecular weight excluding hydrogens is 229 g/mol. The van der Waals surface area contributed by atoms with Crippen LogP contribution in [0.2, 0.25) is 0 Å². The molecule has 3 unspecified atom stereocenters. The molecule has 1 aliphatic carbocycles. The van der Waals surface area contributed by atoms with Crippen LogP contribution in [0.1, 0.15) is 38.7 Å². The first-order valence-corrected chi connectivity index (χ1v) is 6.78. The average Bonchev–Trinajstić information content (AvgIpc) is 2.30. The third-order valence-electron chi connectivity index (χ3n) is 4.22. The van der Waals surface area contributed by atoms with Crippen molar-refractivity contribution in [2.75, 3.05) is 0 Å². The van der Waals surface area contributed by atoms with Gasteiger partial charge in [-0.25, -0.2) is 4.39 Å². The zero-order valence-electron chi connectivity index (χ0n) is 11.1. The van der Waals surface area contributed by atoms with Crippen LogP contribution in [0.25, 0.3) is 0 Å². The first-order valence-electron chi connectivity index (χ1n) is 6.78. The van der Waals surface area contributed by atoms with Crippen LogP contribution >= 0.6 is 0 Å². The molecule has 3 atom stereocenters. The summed E-state index contributed by atoms with van der Waals surface area (Å²) in [5.41, 5.74) is 0.804. The van der Waals surface area contributed by atoms with Gasteiger partial charge in [0.25, 0.3) is 0 Å². The molecule has 18 heavy (non-hydrogen) atoms. The number of rotatable bonds is 3. The van der Waals surface area contributed by atoms with E-state index in [1.165, 1.54) is 25.3 Å². The standard InChI is InChI=1S/C15H22FNO/c1-10-4-3-5-15(11(10)2)17-9-12-6-13(16)8-14(18)7-12/h6-8,10-11,15,17-18H,3-5,9H2,1-2H3. The van der Waals surface area contributed by atoms with Gasteiger partial charge in [-0.1, -0.05) is 26.7 Å². The Bertz CT molecular complexity index is 387. The highest BCUT2D eigenvalue weighted by molar-refractivity contribution is 5.28. The van der Waals surface area contributed by atoms with Gasteiger partial charge in [0.1, 0.15) is 11.6 Å². The van der Waals surface area contributed by atoms with Gasteiger partial charge < -0.3 is 10.4 Å². The number of phenols is 1. The smallest absolute Gasteiger partial charge is 0.127 e. The maximum atomic E-state index is 13.1. The first kappa shape index (κ1) is 13.3. The minimum absolute atomic E-state index is 0.00291. The summed E-state index contributed by atoms with van der Waals surface area (Å²) in [5.74, 6) is 1.02. The number of benzene rings is 1. The van der Waals surface area contributed by atoms with Gasteiger partial charge in [0.15, 0.2) is 0 Å². The lowest BCUT2D eigenvalue weighted by atomic mass is 9.78. The Morgan fingerprint density at radius 1 is 1.28 bits per heavy atom. The number of halogens is 1. The summed E-state index contributed by atoms with van der Waals surface area (Å²) in [6.07, 6.45) is 3.75. The highest BCUT2D eigenvalue weighted by Gasteiger charge is 2.26. The number of phenolic OH excluding ortho intramolecular Hbond substituents is 1. The van der Waals surface area contributed by atoms with E-state index in [4.69, 9.17) is 0 Å². The molecule has 0 saturated heterocycles. The van der Waals surface area contributed by atoms with Crippen molar-refractivity contribution in [3.8, 4) is 5.75 Å². The third-order valence-corrected chi connectivity index (χ3v) is 4.22. The third kappa shape index (κ3) is 3.22. The predicted molar refractivity (Wildman–Crippen MR) is 70.9 cm³/mol. The Kier molecular flexibility index (Phi) is 4.23. The van der Waals surface area contributed by atoms with Crippen molar-refractivity contribution in [1.29, 1.82) is 0 Å². The summed E-state index contributed by atoms with van der Waals surface area (Å²) in [6.45, 7) is 5.20. The van der Waals surface area contributed by atoms with Gasteiger partial charge in [-0.15, -0.1) is 0 Å². The van der Waals surface area contributed by atoms with Crippen molar-refractivity contribution in [2.24, 2.45) is 11.8 Å². The minimum atomic E-state index is -0.378. The van der Waals surface area contributed by atoms with Crippen molar-refractivity contribution >= 4 is 0 Å². The summed E-state index contributed by atoms with van der Waals surface area (Å²) >= 11 is 0. The normalized spacial score (nSPS) is 28.3. The number of aromatic hydroxyl groups is 1. The van der Waals surface area contributed by atoms with Crippen LogP contribution in [-0.2, 0) is 6.54 Å². The second kappa shape index (κ2) is 5.70. The first-order chi connectivity index (χ1) is 8.56. The molecule has 0 spiro atoms. The molecule has 2 N–H and O–H groups in total. The molecule has 1 fully saturated rings. The van der Waals surface area contributed by atoms with Crippen molar-refractivity contribution < 1.29 is 9.50 Å². The highest BCUT2D eigenvalue weighted by Crippen LogP contribution is 2.29. The Morgan fingerprint density at radius 3 is 2.78 bits per heavy atom. The fourth-order valence-corrected chi connectivity index (χ4v) is 2.85. The lowest BCUT2D eigenvalue weighted by Gasteiger charge is -2.34. The van der Waals surface area contributed by atoms with E-state index in [0.717, 1.165) is 17.5 Å². The Balaban J connectivity index is 1.94. The van der Waals surface area contributed by atoms with Crippen molar-refractivity contribution in [1.82, 2.24) is 5.32 Å². The second-order valence-electron chi connectivity index (χ2n) is 5.57. The average molecular weight is 251 g/mol. The predicted octanol–water partition coefficient (Wildman–Crippen LogP) is 3.45. The maximum Gasteiger partial charge on any atom is 0.127 e. The Morgan fingerprint density at radius 2 is 2.06 bits per heavy atom. The molecule has 1 aromatic carbocycles. The van der Waals surface area contributed by atoms with E-state index >= 15 is 0 Å². The van der Waals surface area contributed by atoms with E-state index in [9.17, 15) is 9.50 Å². The number of nitrogens with one attached hydrogen (secondary N) is 1. The Hall–Kier alpha value is -1.09. The maximum absolute atomic E-state index is 13.1. The topological polar surface area (TPSA) is 32.3 Å². The molecule has 100 valence electrons. The molecule has 1 aromatic rings. The summed E-state index contributed by atoms with van der Waals surface area (Å²) in [6, 6.07) is 4.73. The van der Waals surface area contributed by atoms with Crippen LogP contribution in [0, 0.1) is 17.7 Å². The van der Waals surface area contributed by atoms with Gasteiger partial charge in [-0.2, -0.15) is 0 Å². The molecule has 1 saturated carbocycles. The lowest BCUT2D eigenvalue weighted by Crippen LogP contribution is -2.40. The fraction of sp³-hybridized carbons (Fsp3) is 0.600. The van der Waals surface area contributed by atoms with E-state index in [1.807, 2.05) is 0 Å². The Labute approximate surface area is 108 Å².